The molecule has 0 heterocycles. The molecule has 2 N–H and O–H groups in total. The van der Waals surface area contributed by atoms with Crippen molar-refractivity contribution in [2.45, 2.75) is 11.8 Å². The Kier molecular flexibility index (Phi) is 3.22. The van der Waals surface area contributed by atoms with Crippen LogP contribution < -0.4 is 5.73 Å². The van der Waals surface area contributed by atoms with Gasteiger partial charge in [0.2, 0.25) is 5.91 Å². The first kappa shape index (κ1) is 12.1. The molecule has 1 aromatic carbocycles. The van der Waals surface area contributed by atoms with Gasteiger partial charge in [-0.25, -0.2) is 4.79 Å². The van der Waals surface area contributed by atoms with Crippen LogP contribution in [-0.2, 0) is 14.8 Å². The maximum atomic E-state index is 11.3. The van der Waals surface area contributed by atoms with E-state index in [-0.39, 0.29) is 10.5 Å². The fraction of sp³-hybridized carbons (Fsp3) is 0.111. The third-order valence-corrected chi connectivity index (χ3v) is 3.09. The molecule has 0 aliphatic heterocycles. The van der Waals surface area contributed by atoms with Crippen LogP contribution in [0.25, 0.3) is 0 Å². The summed E-state index contributed by atoms with van der Waals surface area (Å²) in [5.74, 6) is -0.746. The number of amides is 1. The summed E-state index contributed by atoms with van der Waals surface area (Å²) in [5.41, 5.74) is 5.67. The Bertz CT molecular complexity index is 586. The van der Waals surface area contributed by atoms with Crippen molar-refractivity contribution in [1.29, 1.82) is 0 Å². The molecule has 0 aromatic heterocycles. The second-order valence-corrected chi connectivity index (χ2v) is 4.60. The third-order valence-electron chi connectivity index (χ3n) is 1.93. The third kappa shape index (κ3) is 2.33. The number of carbonyl (C=O) groups excluding carboxylic acids is 2. The number of nitrogens with two attached hydrogens (primary N) is 1. The van der Waals surface area contributed by atoms with E-state index in [0.29, 0.717) is 5.56 Å². The number of hydrogen-bond donors (Lipinski definition) is 1. The molecule has 1 rings (SSSR count). The standard InChI is InChI=1S/C9H8N2O4S/c1-6-2-3-7(4-8(6)9(10)13)16(14,15)11-5-12/h2-4H,1H3,(H2,10,13). The molecule has 1 aromatic rings. The van der Waals surface area contributed by atoms with Gasteiger partial charge in [-0.1, -0.05) is 10.5 Å². The Labute approximate surface area is 91.8 Å². The Balaban J connectivity index is 3.45. The smallest absolute Gasteiger partial charge is 0.292 e. The Morgan fingerprint density at radius 2 is 2.06 bits per heavy atom. The van der Waals surface area contributed by atoms with Crippen molar-refractivity contribution >= 4 is 22.0 Å². The molecule has 0 unspecified atom stereocenters. The van der Waals surface area contributed by atoms with Gasteiger partial charge in [0, 0.05) is 5.56 Å². The lowest BCUT2D eigenvalue weighted by Crippen LogP contribution is -2.13. The van der Waals surface area contributed by atoms with Crippen LogP contribution in [0.5, 0.6) is 0 Å². The zero-order chi connectivity index (χ0) is 12.3. The van der Waals surface area contributed by atoms with Crippen molar-refractivity contribution in [2.24, 2.45) is 10.1 Å². The highest BCUT2D eigenvalue weighted by atomic mass is 32.2. The van der Waals surface area contributed by atoms with Crippen LogP contribution in [0.3, 0.4) is 0 Å². The molecule has 84 valence electrons. The van der Waals surface area contributed by atoms with Gasteiger partial charge in [-0.05, 0) is 24.6 Å². The van der Waals surface area contributed by atoms with Crippen molar-refractivity contribution in [3.05, 3.63) is 29.3 Å². The van der Waals surface area contributed by atoms with E-state index in [0.717, 1.165) is 12.1 Å². The molecule has 0 atom stereocenters. The summed E-state index contributed by atoms with van der Waals surface area (Å²) in [7, 11) is -4.09. The Morgan fingerprint density at radius 1 is 1.44 bits per heavy atom. The number of nitrogens with zero attached hydrogens (tertiary/aromatic N) is 1. The monoisotopic (exact) mass is 240 g/mol. The van der Waals surface area contributed by atoms with Crippen molar-refractivity contribution in [2.75, 3.05) is 0 Å². The minimum atomic E-state index is -4.09. The number of hydrogen-bond acceptors (Lipinski definition) is 4. The Morgan fingerprint density at radius 3 is 2.56 bits per heavy atom. The van der Waals surface area contributed by atoms with Crippen LogP contribution in [0.15, 0.2) is 27.5 Å². The fourth-order valence-corrected chi connectivity index (χ4v) is 1.84. The molecule has 0 radical (unpaired) electrons. The number of primary amides is 1. The minimum absolute atomic E-state index is 0.0715. The van der Waals surface area contributed by atoms with E-state index >= 15 is 0 Å². The van der Waals surface area contributed by atoms with Crippen LogP contribution in [0.2, 0.25) is 0 Å². The van der Waals surface area contributed by atoms with Gasteiger partial charge in [0.05, 0.1) is 4.90 Å². The molecular weight excluding hydrogens is 232 g/mol. The number of sulfonamides is 1. The van der Waals surface area contributed by atoms with E-state index in [2.05, 4.69) is 4.40 Å². The molecule has 1 amide bonds. The van der Waals surface area contributed by atoms with Crippen molar-refractivity contribution < 1.29 is 18.0 Å². The SMILES string of the molecule is Cc1ccc(S(=O)(=O)N=C=O)cc1C(N)=O. The Hall–Kier alpha value is -1.98. The van der Waals surface area contributed by atoms with Gasteiger partial charge in [0.15, 0.2) is 0 Å². The molecule has 7 heteroatoms. The van der Waals surface area contributed by atoms with E-state index in [1.807, 2.05) is 0 Å². The van der Waals surface area contributed by atoms with Crippen LogP contribution in [-0.4, -0.2) is 20.4 Å². The van der Waals surface area contributed by atoms with Gasteiger partial charge in [-0.15, -0.1) is 0 Å². The summed E-state index contributed by atoms with van der Waals surface area (Å²) in [5, 5.41) is 0. The predicted octanol–water partition coefficient (Wildman–Crippen LogP) is 0.118. The van der Waals surface area contributed by atoms with Crippen LogP contribution in [0.4, 0.5) is 0 Å². The summed E-state index contributed by atoms with van der Waals surface area (Å²) in [6, 6.07) is 3.72. The first-order valence-electron chi connectivity index (χ1n) is 4.13. The van der Waals surface area contributed by atoms with Gasteiger partial charge >= 0.3 is 0 Å². The maximum Gasteiger partial charge on any atom is 0.292 e. The molecule has 0 saturated carbocycles. The molecule has 0 bridgehead atoms. The van der Waals surface area contributed by atoms with Gasteiger partial charge in [0.25, 0.3) is 16.1 Å². The number of aryl methyl sites for hydroxylation is 1. The average molecular weight is 240 g/mol. The summed E-state index contributed by atoms with van der Waals surface area (Å²) in [6.07, 6.45) is 0.941. The zero-order valence-electron chi connectivity index (χ0n) is 8.30. The second-order valence-electron chi connectivity index (χ2n) is 3.00. The van der Waals surface area contributed by atoms with E-state index in [9.17, 15) is 18.0 Å². The van der Waals surface area contributed by atoms with E-state index < -0.39 is 15.9 Å². The number of benzene rings is 1. The normalized spacial score (nSPS) is 10.6. The molecular formula is C9H8N2O4S. The summed E-state index contributed by atoms with van der Waals surface area (Å²) >= 11 is 0. The number of carbonyl (C=O) groups is 1. The first-order chi connectivity index (χ1) is 7.38. The molecule has 6 nitrogen and oxygen atoms in total. The molecule has 0 spiro atoms. The van der Waals surface area contributed by atoms with E-state index in [1.54, 1.807) is 6.92 Å². The summed E-state index contributed by atoms with van der Waals surface area (Å²) < 4.78 is 25.3. The van der Waals surface area contributed by atoms with E-state index in [4.69, 9.17) is 5.73 Å². The average Bonchev–Trinajstić information content (AvgIpc) is 2.17. The molecule has 16 heavy (non-hydrogen) atoms. The van der Waals surface area contributed by atoms with Crippen molar-refractivity contribution in [3.63, 3.8) is 0 Å². The summed E-state index contributed by atoms with van der Waals surface area (Å²) in [4.78, 5) is 20.6. The molecule has 0 fully saturated rings. The molecule has 0 aliphatic carbocycles. The van der Waals surface area contributed by atoms with Crippen LogP contribution >= 0.6 is 0 Å². The second kappa shape index (κ2) is 4.26. The lowest BCUT2D eigenvalue weighted by Gasteiger charge is -2.03. The maximum absolute atomic E-state index is 11.3. The largest absolute Gasteiger partial charge is 0.366 e. The van der Waals surface area contributed by atoms with Gasteiger partial charge < -0.3 is 5.73 Å². The summed E-state index contributed by atoms with van der Waals surface area (Å²) in [6.45, 7) is 1.61. The highest BCUT2D eigenvalue weighted by molar-refractivity contribution is 7.90. The zero-order valence-corrected chi connectivity index (χ0v) is 9.11. The highest BCUT2D eigenvalue weighted by Crippen LogP contribution is 2.16. The number of rotatable bonds is 3. The van der Waals surface area contributed by atoms with Crippen molar-refractivity contribution in [3.8, 4) is 0 Å². The van der Waals surface area contributed by atoms with Crippen LogP contribution in [0.1, 0.15) is 15.9 Å². The lowest BCUT2D eigenvalue weighted by atomic mass is 10.1. The fourth-order valence-electron chi connectivity index (χ4n) is 1.13. The van der Waals surface area contributed by atoms with Crippen molar-refractivity contribution in [1.82, 2.24) is 0 Å². The lowest BCUT2D eigenvalue weighted by molar-refractivity contribution is 0.0999. The molecule has 0 aliphatic rings. The van der Waals surface area contributed by atoms with Gasteiger partial charge in [-0.2, -0.15) is 8.42 Å². The van der Waals surface area contributed by atoms with E-state index in [1.165, 1.54) is 12.1 Å². The highest BCUT2D eigenvalue weighted by Gasteiger charge is 2.15. The minimum Gasteiger partial charge on any atom is -0.366 e. The predicted molar refractivity (Wildman–Crippen MR) is 55.0 cm³/mol. The number of isocyanates is 1. The van der Waals surface area contributed by atoms with Gasteiger partial charge in [0.1, 0.15) is 0 Å². The van der Waals surface area contributed by atoms with Gasteiger partial charge in [-0.3, -0.25) is 4.79 Å². The van der Waals surface area contributed by atoms with Crippen LogP contribution in [0, 0.1) is 6.92 Å². The topological polar surface area (TPSA) is 107 Å². The molecule has 0 saturated heterocycles. The quantitative estimate of drug-likeness (QED) is 0.598. The first-order valence-corrected chi connectivity index (χ1v) is 5.57.